The Morgan fingerprint density at radius 1 is 1.41 bits per heavy atom. The number of amides is 2. The minimum Gasteiger partial charge on any atom is -0.443 e. The van der Waals surface area contributed by atoms with Crippen LogP contribution in [-0.2, 0) is 16.0 Å². The largest absolute Gasteiger partial charge is 0.443 e. The molecule has 2 heterocycles. The molecule has 2 amide bonds. The highest BCUT2D eigenvalue weighted by Crippen LogP contribution is 2.36. The first-order valence-electron chi connectivity index (χ1n) is 7.36. The average molecular weight is 307 g/mol. The summed E-state index contributed by atoms with van der Waals surface area (Å²) >= 11 is 0. The van der Waals surface area contributed by atoms with Gasteiger partial charge in [-0.25, -0.2) is 9.18 Å². The predicted molar refractivity (Wildman–Crippen MR) is 79.4 cm³/mol. The van der Waals surface area contributed by atoms with Crippen LogP contribution in [-0.4, -0.2) is 37.7 Å². The Kier molecular flexibility index (Phi) is 3.74. The first-order chi connectivity index (χ1) is 10.5. The Bertz CT molecular complexity index is 635. The molecule has 1 aromatic carbocycles. The molecule has 1 unspecified atom stereocenters. The number of anilines is 2. The van der Waals surface area contributed by atoms with Crippen LogP contribution >= 0.6 is 0 Å². The zero-order valence-electron chi connectivity index (χ0n) is 12.3. The van der Waals surface area contributed by atoms with Crippen LogP contribution in [0.4, 0.5) is 20.6 Å². The van der Waals surface area contributed by atoms with Crippen molar-refractivity contribution in [2.45, 2.75) is 25.9 Å². The second-order valence-electron chi connectivity index (χ2n) is 5.51. The molecule has 2 aliphatic heterocycles. The van der Waals surface area contributed by atoms with Crippen LogP contribution in [0.25, 0.3) is 0 Å². The number of nitrogens with two attached hydrogens (primary N) is 1. The number of carbonyl (C=O) groups is 2. The van der Waals surface area contributed by atoms with Gasteiger partial charge in [0.15, 0.2) is 0 Å². The van der Waals surface area contributed by atoms with Gasteiger partial charge in [-0.05, 0) is 24.1 Å². The molecule has 3 rings (SSSR count). The lowest BCUT2D eigenvalue weighted by Crippen LogP contribution is -2.28. The summed E-state index contributed by atoms with van der Waals surface area (Å²) in [5, 5.41) is 0. The Morgan fingerprint density at radius 3 is 2.82 bits per heavy atom. The first-order valence-corrected chi connectivity index (χ1v) is 7.36. The minimum absolute atomic E-state index is 0.114. The molecule has 1 atom stereocenters. The van der Waals surface area contributed by atoms with E-state index in [1.807, 2.05) is 6.92 Å². The molecule has 7 heteroatoms. The van der Waals surface area contributed by atoms with E-state index in [0.29, 0.717) is 30.0 Å². The van der Waals surface area contributed by atoms with Crippen LogP contribution in [0.2, 0.25) is 0 Å². The molecular weight excluding hydrogens is 289 g/mol. The molecule has 0 saturated carbocycles. The van der Waals surface area contributed by atoms with Crippen molar-refractivity contribution in [1.29, 1.82) is 0 Å². The van der Waals surface area contributed by atoms with E-state index in [0.717, 1.165) is 6.42 Å². The van der Waals surface area contributed by atoms with E-state index >= 15 is 0 Å². The molecule has 1 aromatic rings. The van der Waals surface area contributed by atoms with Gasteiger partial charge in [0.05, 0.1) is 24.3 Å². The highest BCUT2D eigenvalue weighted by molar-refractivity contribution is 6.02. The van der Waals surface area contributed by atoms with Crippen LogP contribution in [0, 0.1) is 5.82 Å². The molecule has 118 valence electrons. The van der Waals surface area contributed by atoms with Gasteiger partial charge in [0.25, 0.3) is 0 Å². The molecule has 0 bridgehead atoms. The molecule has 2 N–H and O–H groups in total. The maximum atomic E-state index is 14.5. The van der Waals surface area contributed by atoms with Crippen molar-refractivity contribution in [2.75, 3.05) is 29.4 Å². The summed E-state index contributed by atoms with van der Waals surface area (Å²) in [5.41, 5.74) is 6.84. The molecule has 6 nitrogen and oxygen atoms in total. The number of hydrogen-bond donors (Lipinski definition) is 1. The number of hydrogen-bond acceptors (Lipinski definition) is 4. The van der Waals surface area contributed by atoms with E-state index < -0.39 is 11.9 Å². The fourth-order valence-electron chi connectivity index (χ4n) is 2.93. The van der Waals surface area contributed by atoms with Crippen LogP contribution in [0.1, 0.15) is 18.9 Å². The lowest BCUT2D eigenvalue weighted by atomic mass is 10.1. The number of rotatable bonds is 4. The second-order valence-corrected chi connectivity index (χ2v) is 5.51. The fraction of sp³-hybridized carbons (Fsp3) is 0.467. The number of fused-ring (bicyclic) bond motifs is 1. The van der Waals surface area contributed by atoms with Gasteiger partial charge in [-0.3, -0.25) is 9.69 Å². The van der Waals surface area contributed by atoms with Crippen LogP contribution in [0.5, 0.6) is 0 Å². The fourth-order valence-corrected chi connectivity index (χ4v) is 2.93. The molecule has 0 spiro atoms. The maximum absolute atomic E-state index is 14.5. The summed E-state index contributed by atoms with van der Waals surface area (Å²) in [6.45, 7) is 2.94. The van der Waals surface area contributed by atoms with Gasteiger partial charge in [-0.15, -0.1) is 0 Å². The van der Waals surface area contributed by atoms with Crippen molar-refractivity contribution < 1.29 is 18.7 Å². The number of cyclic esters (lactones) is 1. The third kappa shape index (κ3) is 2.31. The predicted octanol–water partition coefficient (Wildman–Crippen LogP) is 1.41. The zero-order valence-corrected chi connectivity index (χ0v) is 12.3. The summed E-state index contributed by atoms with van der Waals surface area (Å²) < 4.78 is 19.5. The maximum Gasteiger partial charge on any atom is 0.414 e. The summed E-state index contributed by atoms with van der Waals surface area (Å²) in [7, 11) is 0. The van der Waals surface area contributed by atoms with Crippen molar-refractivity contribution in [3.8, 4) is 0 Å². The summed E-state index contributed by atoms with van der Waals surface area (Å²) in [5.74, 6) is -0.604. The average Bonchev–Trinajstić information content (AvgIpc) is 3.00. The third-order valence-corrected chi connectivity index (χ3v) is 3.94. The Hall–Kier alpha value is -2.15. The molecule has 0 aromatic heterocycles. The van der Waals surface area contributed by atoms with E-state index in [9.17, 15) is 14.0 Å². The molecule has 22 heavy (non-hydrogen) atoms. The van der Waals surface area contributed by atoms with Crippen molar-refractivity contribution in [2.24, 2.45) is 5.73 Å². The standard InChI is InChI=1S/C15H18FN3O3/c1-2-3-18-13(20)5-9-4-10(6-12(16)14(9)18)19-8-11(7-17)22-15(19)21/h4,6,11H,2-3,5,7-8,17H2,1H3. The van der Waals surface area contributed by atoms with E-state index in [1.165, 1.54) is 15.9 Å². The van der Waals surface area contributed by atoms with Gasteiger partial charge in [-0.1, -0.05) is 6.92 Å². The Labute approximate surface area is 127 Å². The van der Waals surface area contributed by atoms with Gasteiger partial charge in [-0.2, -0.15) is 0 Å². The molecule has 1 fully saturated rings. The monoisotopic (exact) mass is 307 g/mol. The lowest BCUT2D eigenvalue weighted by molar-refractivity contribution is -0.117. The topological polar surface area (TPSA) is 75.9 Å². The normalized spacial score (nSPS) is 20.6. The highest BCUT2D eigenvalue weighted by atomic mass is 19.1. The van der Waals surface area contributed by atoms with Gasteiger partial charge >= 0.3 is 6.09 Å². The SMILES string of the molecule is CCCN1C(=O)Cc2cc(N3CC(CN)OC3=O)cc(F)c21. The van der Waals surface area contributed by atoms with Crippen LogP contribution in [0.3, 0.4) is 0 Å². The van der Waals surface area contributed by atoms with Gasteiger partial charge in [0.1, 0.15) is 11.9 Å². The highest BCUT2D eigenvalue weighted by Gasteiger charge is 2.35. The Balaban J connectivity index is 1.95. The van der Waals surface area contributed by atoms with E-state index in [1.54, 1.807) is 6.07 Å². The van der Waals surface area contributed by atoms with Crippen molar-refractivity contribution >= 4 is 23.4 Å². The minimum atomic E-state index is -0.537. The quantitative estimate of drug-likeness (QED) is 0.912. The smallest absolute Gasteiger partial charge is 0.414 e. The van der Waals surface area contributed by atoms with Gasteiger partial charge in [0.2, 0.25) is 5.91 Å². The number of carbonyl (C=O) groups excluding carboxylic acids is 2. The van der Waals surface area contributed by atoms with E-state index in [4.69, 9.17) is 10.5 Å². The van der Waals surface area contributed by atoms with Crippen molar-refractivity contribution in [1.82, 2.24) is 0 Å². The number of benzene rings is 1. The molecule has 2 aliphatic rings. The zero-order chi connectivity index (χ0) is 15.9. The molecular formula is C15H18FN3O3. The Morgan fingerprint density at radius 2 is 2.18 bits per heavy atom. The number of nitrogens with zero attached hydrogens (tertiary/aromatic N) is 2. The van der Waals surface area contributed by atoms with Gasteiger partial charge < -0.3 is 15.4 Å². The number of halogens is 1. The van der Waals surface area contributed by atoms with E-state index in [2.05, 4.69) is 0 Å². The number of ether oxygens (including phenoxy) is 1. The summed E-state index contributed by atoms with van der Waals surface area (Å²) in [4.78, 5) is 26.7. The molecule has 0 radical (unpaired) electrons. The second kappa shape index (κ2) is 5.57. The third-order valence-electron chi connectivity index (χ3n) is 3.94. The van der Waals surface area contributed by atoms with Crippen LogP contribution in [0.15, 0.2) is 12.1 Å². The van der Waals surface area contributed by atoms with Gasteiger partial charge in [0, 0.05) is 13.1 Å². The summed E-state index contributed by atoms with van der Waals surface area (Å²) in [6.07, 6.45) is -0.0154. The van der Waals surface area contributed by atoms with E-state index in [-0.39, 0.29) is 25.0 Å². The first kappa shape index (κ1) is 14.8. The summed E-state index contributed by atoms with van der Waals surface area (Å²) in [6, 6.07) is 2.96. The molecule has 0 aliphatic carbocycles. The molecule has 1 saturated heterocycles. The van der Waals surface area contributed by atoms with Crippen molar-refractivity contribution in [3.63, 3.8) is 0 Å². The van der Waals surface area contributed by atoms with Crippen molar-refractivity contribution in [3.05, 3.63) is 23.5 Å². The van der Waals surface area contributed by atoms with Crippen LogP contribution < -0.4 is 15.5 Å². The lowest BCUT2D eigenvalue weighted by Gasteiger charge is -2.19.